The summed E-state index contributed by atoms with van der Waals surface area (Å²) in [5, 5.41) is 0. The molecule has 0 spiro atoms. The summed E-state index contributed by atoms with van der Waals surface area (Å²) in [4.78, 5) is 10.7. The van der Waals surface area contributed by atoms with Gasteiger partial charge in [-0.15, -0.1) is 0 Å². The summed E-state index contributed by atoms with van der Waals surface area (Å²) in [6.07, 6.45) is 6.69. The van der Waals surface area contributed by atoms with E-state index in [0.717, 1.165) is 17.4 Å². The maximum absolute atomic E-state index is 10.7. The molecule has 0 aliphatic carbocycles. The van der Waals surface area contributed by atoms with E-state index in [9.17, 15) is 4.79 Å². The van der Waals surface area contributed by atoms with Gasteiger partial charge in [0.2, 0.25) is 0 Å². The Morgan fingerprint density at radius 2 is 1.87 bits per heavy atom. The minimum Gasteiger partial charge on any atom is -0.298 e. The van der Waals surface area contributed by atoms with Gasteiger partial charge in [-0.2, -0.15) is 0 Å². The van der Waals surface area contributed by atoms with Crippen LogP contribution >= 0.6 is 0 Å². The van der Waals surface area contributed by atoms with Crippen molar-refractivity contribution in [2.24, 2.45) is 5.92 Å². The van der Waals surface area contributed by atoms with Crippen LogP contribution in [0, 0.1) is 5.92 Å². The van der Waals surface area contributed by atoms with E-state index >= 15 is 0 Å². The minimum atomic E-state index is 0.280. The molecule has 0 bridgehead atoms. The average molecular weight is 200 g/mol. The Morgan fingerprint density at radius 3 is 2.40 bits per heavy atom. The molecular formula is C14H16O. The van der Waals surface area contributed by atoms with Crippen LogP contribution in [0.5, 0.6) is 0 Å². The molecule has 0 fully saturated rings. The van der Waals surface area contributed by atoms with Gasteiger partial charge in [-0.1, -0.05) is 62.4 Å². The van der Waals surface area contributed by atoms with Crippen molar-refractivity contribution in [2.75, 3.05) is 0 Å². The maximum atomic E-state index is 10.7. The molecule has 0 aromatic heterocycles. The summed E-state index contributed by atoms with van der Waals surface area (Å²) < 4.78 is 0. The van der Waals surface area contributed by atoms with E-state index in [1.54, 1.807) is 0 Å². The van der Waals surface area contributed by atoms with Crippen molar-refractivity contribution >= 4 is 12.4 Å². The summed E-state index contributed by atoms with van der Waals surface area (Å²) >= 11 is 0. The second-order valence-corrected chi connectivity index (χ2v) is 3.71. The van der Waals surface area contributed by atoms with E-state index in [2.05, 4.69) is 0 Å². The summed E-state index contributed by atoms with van der Waals surface area (Å²) in [6, 6.07) is 10.0. The molecule has 0 amide bonds. The lowest BCUT2D eigenvalue weighted by molar-refractivity contribution is -0.105. The van der Waals surface area contributed by atoms with Crippen LogP contribution in [0.3, 0.4) is 0 Å². The molecule has 0 saturated carbocycles. The summed E-state index contributed by atoms with van der Waals surface area (Å²) in [5.41, 5.74) is 1.96. The van der Waals surface area contributed by atoms with E-state index in [1.807, 2.05) is 62.4 Å². The van der Waals surface area contributed by atoms with E-state index in [1.165, 1.54) is 0 Å². The van der Waals surface area contributed by atoms with Crippen molar-refractivity contribution in [1.82, 2.24) is 0 Å². The van der Waals surface area contributed by atoms with Crippen LogP contribution in [0.15, 0.2) is 48.1 Å². The van der Waals surface area contributed by atoms with Crippen LogP contribution in [0.2, 0.25) is 0 Å². The SMILES string of the molecule is CC(C)C(C=O)=CC=Cc1ccccc1. The predicted octanol–water partition coefficient (Wildman–Crippen LogP) is 3.48. The van der Waals surface area contributed by atoms with Gasteiger partial charge in [0.05, 0.1) is 0 Å². The molecule has 15 heavy (non-hydrogen) atoms. The molecule has 1 nitrogen and oxygen atoms in total. The first-order valence-electron chi connectivity index (χ1n) is 5.12. The Morgan fingerprint density at radius 1 is 1.20 bits per heavy atom. The molecule has 1 rings (SSSR count). The molecule has 0 heterocycles. The monoisotopic (exact) mass is 200 g/mol. The average Bonchev–Trinajstić information content (AvgIpc) is 2.25. The number of hydrogen-bond donors (Lipinski definition) is 0. The Bertz CT molecular complexity index is 358. The third-order valence-corrected chi connectivity index (χ3v) is 2.18. The quantitative estimate of drug-likeness (QED) is 0.413. The summed E-state index contributed by atoms with van der Waals surface area (Å²) in [7, 11) is 0. The molecule has 1 heteroatoms. The van der Waals surface area contributed by atoms with Crippen LogP contribution in [-0.4, -0.2) is 6.29 Å². The van der Waals surface area contributed by atoms with Gasteiger partial charge in [0.1, 0.15) is 6.29 Å². The minimum absolute atomic E-state index is 0.280. The fraction of sp³-hybridized carbons (Fsp3) is 0.214. The Labute approximate surface area is 91.1 Å². The number of allylic oxidation sites excluding steroid dienone is 3. The van der Waals surface area contributed by atoms with Crippen molar-refractivity contribution in [3.05, 3.63) is 53.6 Å². The first kappa shape index (κ1) is 11.4. The molecule has 78 valence electrons. The molecule has 1 aromatic carbocycles. The second kappa shape index (κ2) is 5.97. The summed E-state index contributed by atoms with van der Waals surface area (Å²) in [5.74, 6) is 0.280. The van der Waals surface area contributed by atoms with Crippen LogP contribution in [0.25, 0.3) is 6.08 Å². The van der Waals surface area contributed by atoms with Crippen molar-refractivity contribution in [2.45, 2.75) is 13.8 Å². The van der Waals surface area contributed by atoms with Crippen LogP contribution in [-0.2, 0) is 4.79 Å². The van der Waals surface area contributed by atoms with Gasteiger partial charge in [-0.05, 0) is 17.1 Å². The zero-order valence-corrected chi connectivity index (χ0v) is 9.18. The molecular weight excluding hydrogens is 184 g/mol. The van der Waals surface area contributed by atoms with Crippen molar-refractivity contribution in [1.29, 1.82) is 0 Å². The lowest BCUT2D eigenvalue weighted by atomic mass is 10.0. The summed E-state index contributed by atoms with van der Waals surface area (Å²) in [6.45, 7) is 4.02. The molecule has 0 saturated heterocycles. The second-order valence-electron chi connectivity index (χ2n) is 3.71. The van der Waals surface area contributed by atoms with Gasteiger partial charge in [-0.25, -0.2) is 0 Å². The third kappa shape index (κ3) is 3.94. The Balaban J connectivity index is 2.70. The molecule has 0 radical (unpaired) electrons. The highest BCUT2D eigenvalue weighted by atomic mass is 16.1. The maximum Gasteiger partial charge on any atom is 0.146 e. The topological polar surface area (TPSA) is 17.1 Å². The highest BCUT2D eigenvalue weighted by Crippen LogP contribution is 2.07. The molecule has 0 unspecified atom stereocenters. The molecule has 0 aliphatic heterocycles. The molecule has 0 N–H and O–H groups in total. The number of aldehydes is 1. The van der Waals surface area contributed by atoms with Gasteiger partial charge >= 0.3 is 0 Å². The largest absolute Gasteiger partial charge is 0.298 e. The lowest BCUT2D eigenvalue weighted by Crippen LogP contribution is -1.93. The smallest absolute Gasteiger partial charge is 0.146 e. The Hall–Kier alpha value is -1.63. The van der Waals surface area contributed by atoms with Gasteiger partial charge < -0.3 is 0 Å². The van der Waals surface area contributed by atoms with Crippen LogP contribution in [0.4, 0.5) is 0 Å². The third-order valence-electron chi connectivity index (χ3n) is 2.18. The first-order valence-corrected chi connectivity index (χ1v) is 5.12. The van der Waals surface area contributed by atoms with Crippen molar-refractivity contribution < 1.29 is 4.79 Å². The Kier molecular flexibility index (Phi) is 4.55. The standard InChI is InChI=1S/C14H16O/c1-12(2)14(11-15)10-6-9-13-7-4-3-5-8-13/h3-12H,1-2H3. The van der Waals surface area contributed by atoms with Crippen molar-refractivity contribution in [3.63, 3.8) is 0 Å². The van der Waals surface area contributed by atoms with E-state index in [4.69, 9.17) is 0 Å². The highest BCUT2D eigenvalue weighted by molar-refractivity contribution is 5.74. The lowest BCUT2D eigenvalue weighted by Gasteiger charge is -2.00. The van der Waals surface area contributed by atoms with Gasteiger partial charge in [0, 0.05) is 0 Å². The van der Waals surface area contributed by atoms with Crippen LogP contribution < -0.4 is 0 Å². The fourth-order valence-corrected chi connectivity index (χ4v) is 1.20. The molecule has 1 aromatic rings. The number of rotatable bonds is 4. The van der Waals surface area contributed by atoms with E-state index in [0.29, 0.717) is 0 Å². The van der Waals surface area contributed by atoms with Crippen LogP contribution in [0.1, 0.15) is 19.4 Å². The normalized spacial score (nSPS) is 12.3. The number of carbonyl (C=O) groups excluding carboxylic acids is 1. The van der Waals surface area contributed by atoms with Gasteiger partial charge in [0.25, 0.3) is 0 Å². The molecule has 0 atom stereocenters. The highest BCUT2D eigenvalue weighted by Gasteiger charge is 1.98. The van der Waals surface area contributed by atoms with E-state index in [-0.39, 0.29) is 5.92 Å². The number of hydrogen-bond acceptors (Lipinski definition) is 1. The van der Waals surface area contributed by atoms with E-state index < -0.39 is 0 Å². The fourth-order valence-electron chi connectivity index (χ4n) is 1.20. The molecule has 0 aliphatic rings. The zero-order chi connectivity index (χ0) is 11.1. The van der Waals surface area contributed by atoms with Gasteiger partial charge in [-0.3, -0.25) is 4.79 Å². The number of carbonyl (C=O) groups is 1. The van der Waals surface area contributed by atoms with Gasteiger partial charge in [0.15, 0.2) is 0 Å². The number of benzene rings is 1. The predicted molar refractivity (Wildman–Crippen MR) is 64.5 cm³/mol. The first-order chi connectivity index (χ1) is 7.24. The zero-order valence-electron chi connectivity index (χ0n) is 9.18. The van der Waals surface area contributed by atoms with Crippen molar-refractivity contribution in [3.8, 4) is 0 Å².